The number of phenolic OH excluding ortho intramolecular Hbond substituents is 1. The third-order valence-electron chi connectivity index (χ3n) is 5.04. The van der Waals surface area contributed by atoms with Crippen molar-refractivity contribution >= 4 is 11.6 Å². The first kappa shape index (κ1) is 18.9. The molecule has 1 aliphatic heterocycles. The van der Waals surface area contributed by atoms with Crippen LogP contribution in [0.25, 0.3) is 0 Å². The van der Waals surface area contributed by atoms with E-state index in [0.717, 1.165) is 37.2 Å². The molecule has 3 rings (SSSR count). The monoisotopic (exact) mass is 379 g/mol. The molecule has 0 amide bonds. The van der Waals surface area contributed by atoms with Crippen molar-refractivity contribution in [1.82, 2.24) is 14.7 Å². The molecule has 0 bridgehead atoms. The molecule has 0 saturated carbocycles. The lowest BCUT2D eigenvalue weighted by Crippen LogP contribution is -2.29. The number of likely N-dealkylation sites (tertiary alicyclic amines) is 1. The maximum Gasteiger partial charge on any atom is 0.200 e. The summed E-state index contributed by atoms with van der Waals surface area (Å²) in [6, 6.07) is 3.94. The number of nitrogens with zero attached hydrogens (tertiary/aromatic N) is 3. The maximum absolute atomic E-state index is 10.1. The number of phenols is 1. The van der Waals surface area contributed by atoms with Gasteiger partial charge in [0.1, 0.15) is 0 Å². The number of rotatable bonds is 5. The summed E-state index contributed by atoms with van der Waals surface area (Å²) in [4.78, 5) is 2.43. The van der Waals surface area contributed by atoms with E-state index in [1.54, 1.807) is 20.4 Å². The highest BCUT2D eigenvalue weighted by Crippen LogP contribution is 2.39. The number of methoxy groups -OCH3 is 2. The van der Waals surface area contributed by atoms with Crippen molar-refractivity contribution in [1.29, 1.82) is 0 Å². The lowest BCUT2D eigenvalue weighted by Gasteiger charge is -2.30. The van der Waals surface area contributed by atoms with E-state index in [1.807, 2.05) is 23.9 Å². The molecule has 0 unspecified atom stereocenters. The van der Waals surface area contributed by atoms with Gasteiger partial charge in [-0.3, -0.25) is 9.58 Å². The van der Waals surface area contributed by atoms with Crippen molar-refractivity contribution < 1.29 is 14.6 Å². The number of aromatic nitrogens is 2. The van der Waals surface area contributed by atoms with E-state index in [-0.39, 0.29) is 11.8 Å². The molecule has 26 heavy (non-hydrogen) atoms. The minimum absolute atomic E-state index is 0.0286. The van der Waals surface area contributed by atoms with Crippen molar-refractivity contribution in [3.05, 3.63) is 34.6 Å². The fourth-order valence-electron chi connectivity index (χ4n) is 3.74. The molecular formula is C19H26ClN3O3. The summed E-state index contributed by atoms with van der Waals surface area (Å²) in [5, 5.41) is 15.2. The summed E-state index contributed by atoms with van der Waals surface area (Å²) in [7, 11) is 5.03. The van der Waals surface area contributed by atoms with Crippen LogP contribution in [0.15, 0.2) is 18.3 Å². The Balaban J connectivity index is 1.93. The molecule has 7 heteroatoms. The van der Waals surface area contributed by atoms with Crippen LogP contribution < -0.4 is 9.47 Å². The third kappa shape index (κ3) is 3.76. The quantitative estimate of drug-likeness (QED) is 0.853. The molecule has 0 radical (unpaired) electrons. The molecule has 0 spiro atoms. The van der Waals surface area contributed by atoms with Crippen molar-refractivity contribution in [3.8, 4) is 17.2 Å². The number of hydrogen-bond donors (Lipinski definition) is 1. The van der Waals surface area contributed by atoms with E-state index in [9.17, 15) is 5.11 Å². The summed E-state index contributed by atoms with van der Waals surface area (Å²) in [5.41, 5.74) is 2.09. The largest absolute Gasteiger partial charge is 0.502 e. The van der Waals surface area contributed by atoms with Gasteiger partial charge in [0.15, 0.2) is 11.5 Å². The predicted molar refractivity (Wildman–Crippen MR) is 101 cm³/mol. The lowest BCUT2D eigenvalue weighted by molar-refractivity contribution is 0.184. The van der Waals surface area contributed by atoms with Crippen LogP contribution in [-0.4, -0.2) is 40.6 Å². The van der Waals surface area contributed by atoms with Crippen LogP contribution >= 0.6 is 11.6 Å². The molecular weight excluding hydrogens is 354 g/mol. The normalized spacial score (nSPS) is 18.5. The van der Waals surface area contributed by atoms with Crippen LogP contribution in [0.2, 0.25) is 5.02 Å². The Morgan fingerprint density at radius 1 is 1.19 bits per heavy atom. The highest BCUT2D eigenvalue weighted by Gasteiger charge is 2.27. The topological polar surface area (TPSA) is 59.8 Å². The van der Waals surface area contributed by atoms with Crippen LogP contribution in [0.1, 0.15) is 43.0 Å². The van der Waals surface area contributed by atoms with Crippen LogP contribution in [-0.2, 0) is 13.6 Å². The van der Waals surface area contributed by atoms with E-state index in [2.05, 4.69) is 10.00 Å². The molecule has 6 nitrogen and oxygen atoms in total. The van der Waals surface area contributed by atoms with Gasteiger partial charge in [0.2, 0.25) is 5.75 Å². The summed E-state index contributed by atoms with van der Waals surface area (Å²) in [6.45, 7) is 1.71. The first-order valence-corrected chi connectivity index (χ1v) is 9.28. The van der Waals surface area contributed by atoms with Crippen LogP contribution in [0.3, 0.4) is 0 Å². The van der Waals surface area contributed by atoms with Crippen molar-refractivity contribution in [3.63, 3.8) is 0 Å². The number of aryl methyl sites for hydroxylation is 1. The highest BCUT2D eigenvalue weighted by molar-refractivity contribution is 6.31. The van der Waals surface area contributed by atoms with Gasteiger partial charge in [-0.15, -0.1) is 0 Å². The van der Waals surface area contributed by atoms with E-state index < -0.39 is 0 Å². The fourth-order valence-corrected chi connectivity index (χ4v) is 4.03. The van der Waals surface area contributed by atoms with Crippen molar-refractivity contribution in [2.45, 2.75) is 38.3 Å². The molecule has 1 atom stereocenters. The number of aromatic hydroxyl groups is 1. The van der Waals surface area contributed by atoms with Crippen LogP contribution in [0.5, 0.6) is 17.2 Å². The molecule has 2 heterocycles. The molecule has 1 aliphatic rings. The summed E-state index contributed by atoms with van der Waals surface area (Å²) >= 11 is 6.43. The first-order chi connectivity index (χ1) is 12.5. The van der Waals surface area contributed by atoms with E-state index in [0.29, 0.717) is 16.5 Å². The fraction of sp³-hybridized carbons (Fsp3) is 0.526. The van der Waals surface area contributed by atoms with Crippen molar-refractivity contribution in [2.24, 2.45) is 7.05 Å². The van der Waals surface area contributed by atoms with E-state index in [4.69, 9.17) is 21.1 Å². The number of hydrogen-bond acceptors (Lipinski definition) is 5. The third-order valence-corrected chi connectivity index (χ3v) is 5.33. The zero-order chi connectivity index (χ0) is 18.7. The molecule has 1 N–H and O–H groups in total. The minimum atomic E-state index is 0.0286. The standard InChI is InChI=1S/C19H26ClN3O3/c1-22-18(14(20)11-21-22)15-7-5-4-6-8-23(15)12-13-9-16(25-2)19(24)17(10-13)26-3/h9-11,15,24H,4-8,12H2,1-3H3/t15-/m1/s1. The maximum atomic E-state index is 10.1. The SMILES string of the molecule is COc1cc(CN2CCCCC[C@@H]2c2c(Cl)cnn2C)cc(OC)c1O. The molecule has 1 saturated heterocycles. The second-order valence-corrected chi connectivity index (χ2v) is 7.09. The van der Waals surface area contributed by atoms with Crippen LogP contribution in [0.4, 0.5) is 0 Å². The average molecular weight is 380 g/mol. The van der Waals surface area contributed by atoms with Gasteiger partial charge >= 0.3 is 0 Å². The molecule has 2 aromatic rings. The summed E-state index contributed by atoms with van der Waals surface area (Å²) in [6.07, 6.45) is 6.30. The molecule has 1 aromatic heterocycles. The average Bonchev–Trinajstić information content (AvgIpc) is 2.83. The Hall–Kier alpha value is -1.92. The number of ether oxygens (including phenoxy) is 2. The first-order valence-electron chi connectivity index (χ1n) is 8.90. The molecule has 142 valence electrons. The second kappa shape index (κ2) is 8.18. The van der Waals surface area contributed by atoms with Gasteiger partial charge in [-0.1, -0.05) is 24.4 Å². The van der Waals surface area contributed by atoms with Gasteiger partial charge < -0.3 is 14.6 Å². The molecule has 1 fully saturated rings. The zero-order valence-electron chi connectivity index (χ0n) is 15.5. The number of benzene rings is 1. The summed E-state index contributed by atoms with van der Waals surface area (Å²) in [5.74, 6) is 0.870. The predicted octanol–water partition coefficient (Wildman–Crippen LogP) is 3.91. The van der Waals surface area contributed by atoms with Crippen molar-refractivity contribution in [2.75, 3.05) is 20.8 Å². The molecule has 0 aliphatic carbocycles. The van der Waals surface area contributed by atoms with E-state index >= 15 is 0 Å². The Bertz CT molecular complexity index is 718. The number of halogens is 1. The highest BCUT2D eigenvalue weighted by atomic mass is 35.5. The Kier molecular flexibility index (Phi) is 5.94. The van der Waals surface area contributed by atoms with Gasteiger partial charge in [-0.25, -0.2) is 0 Å². The Morgan fingerprint density at radius 3 is 2.46 bits per heavy atom. The van der Waals surface area contributed by atoms with Gasteiger partial charge in [0.25, 0.3) is 0 Å². The van der Waals surface area contributed by atoms with Crippen LogP contribution in [0, 0.1) is 0 Å². The Morgan fingerprint density at radius 2 is 1.88 bits per heavy atom. The summed E-state index contributed by atoms with van der Waals surface area (Å²) < 4.78 is 12.5. The lowest BCUT2D eigenvalue weighted by atomic mass is 10.1. The van der Waals surface area contributed by atoms with Gasteiger partial charge in [0, 0.05) is 13.6 Å². The van der Waals surface area contributed by atoms with Gasteiger partial charge in [-0.05, 0) is 37.1 Å². The zero-order valence-corrected chi connectivity index (χ0v) is 16.3. The molecule has 1 aromatic carbocycles. The Labute approximate surface area is 159 Å². The van der Waals surface area contributed by atoms with Gasteiger partial charge in [0.05, 0.1) is 37.2 Å². The minimum Gasteiger partial charge on any atom is -0.502 e. The smallest absolute Gasteiger partial charge is 0.200 e. The second-order valence-electron chi connectivity index (χ2n) is 6.69. The van der Waals surface area contributed by atoms with E-state index in [1.165, 1.54) is 12.8 Å². The van der Waals surface area contributed by atoms with Gasteiger partial charge in [-0.2, -0.15) is 5.10 Å².